The summed E-state index contributed by atoms with van der Waals surface area (Å²) in [5, 5.41) is 21.1. The summed E-state index contributed by atoms with van der Waals surface area (Å²) >= 11 is 0. The van der Waals surface area contributed by atoms with Gasteiger partial charge in [0, 0.05) is 29.5 Å². The van der Waals surface area contributed by atoms with Crippen molar-refractivity contribution in [1.82, 2.24) is 0 Å². The summed E-state index contributed by atoms with van der Waals surface area (Å²) in [4.78, 5) is 14.9. The number of hydrogen-bond acceptors (Lipinski definition) is 7. The molecule has 0 radical (unpaired) electrons. The van der Waals surface area contributed by atoms with Gasteiger partial charge in [-0.05, 0) is 47.5 Å². The second-order valence-electron chi connectivity index (χ2n) is 7.17. The van der Waals surface area contributed by atoms with E-state index in [9.17, 15) is 15.4 Å². The maximum atomic E-state index is 11.1. The maximum Gasteiger partial charge on any atom is 0.270 e. The van der Waals surface area contributed by atoms with Crippen LogP contribution < -0.4 is 9.47 Å². The summed E-state index contributed by atoms with van der Waals surface area (Å²) in [5.41, 5.74) is 2.77. The van der Waals surface area contributed by atoms with Crippen molar-refractivity contribution in [2.45, 2.75) is 0 Å². The van der Waals surface area contributed by atoms with E-state index in [1.807, 2.05) is 24.3 Å². The smallest absolute Gasteiger partial charge is 0.270 e. The molecule has 4 aromatic rings. The molecular formula is C26H19N3O5. The molecule has 4 rings (SSSR count). The van der Waals surface area contributed by atoms with Gasteiger partial charge in [0.15, 0.2) is 0 Å². The van der Waals surface area contributed by atoms with Crippen LogP contribution in [0.1, 0.15) is 11.1 Å². The zero-order chi connectivity index (χ0) is 24.1. The minimum atomic E-state index is -0.478. The summed E-state index contributed by atoms with van der Waals surface area (Å²) < 4.78 is 16.6. The van der Waals surface area contributed by atoms with Gasteiger partial charge in [0.2, 0.25) is 5.88 Å². The lowest BCUT2D eigenvalue weighted by molar-refractivity contribution is -0.384. The number of non-ortho nitro benzene ring substituents is 1. The molecule has 0 bridgehead atoms. The van der Waals surface area contributed by atoms with E-state index in [0.29, 0.717) is 28.4 Å². The zero-order valence-corrected chi connectivity index (χ0v) is 18.4. The Balaban J connectivity index is 1.85. The van der Waals surface area contributed by atoms with Crippen LogP contribution in [0.15, 0.2) is 82.2 Å². The van der Waals surface area contributed by atoms with E-state index in [1.54, 1.807) is 50.6 Å². The van der Waals surface area contributed by atoms with Crippen LogP contribution in [0.3, 0.4) is 0 Å². The first-order valence-corrected chi connectivity index (χ1v) is 10.2. The highest BCUT2D eigenvalue weighted by Gasteiger charge is 2.23. The lowest BCUT2D eigenvalue weighted by Crippen LogP contribution is -1.89. The Hall–Kier alpha value is -4.90. The Morgan fingerprint density at radius 1 is 0.971 bits per heavy atom. The number of nitro benzene ring substituents is 1. The van der Waals surface area contributed by atoms with Gasteiger partial charge in [-0.15, -0.1) is 0 Å². The molecule has 0 spiro atoms. The molecule has 0 fully saturated rings. The average Bonchev–Trinajstić information content (AvgIpc) is 3.26. The van der Waals surface area contributed by atoms with Gasteiger partial charge in [0.05, 0.1) is 19.1 Å². The predicted molar refractivity (Wildman–Crippen MR) is 128 cm³/mol. The Bertz CT molecular complexity index is 1400. The molecule has 0 saturated heterocycles. The van der Waals surface area contributed by atoms with Crippen LogP contribution >= 0.6 is 0 Å². The number of aliphatic imine (C=N–C) groups is 1. The monoisotopic (exact) mass is 453 g/mol. The summed E-state index contributed by atoms with van der Waals surface area (Å²) in [6, 6.07) is 22.8. The van der Waals surface area contributed by atoms with E-state index in [-0.39, 0.29) is 17.1 Å². The fraction of sp³-hybridized carbons (Fsp3) is 0.0769. The van der Waals surface area contributed by atoms with Crippen LogP contribution in [0.5, 0.6) is 11.5 Å². The molecule has 0 amide bonds. The molecule has 0 N–H and O–H groups in total. The first kappa shape index (κ1) is 22.3. The highest BCUT2D eigenvalue weighted by molar-refractivity contribution is 5.90. The predicted octanol–water partition coefficient (Wildman–Crippen LogP) is 6.16. The van der Waals surface area contributed by atoms with Crippen molar-refractivity contribution in [3.63, 3.8) is 0 Å². The Kier molecular flexibility index (Phi) is 6.37. The first-order chi connectivity index (χ1) is 16.5. The van der Waals surface area contributed by atoms with E-state index < -0.39 is 4.92 Å². The zero-order valence-electron chi connectivity index (χ0n) is 18.4. The average molecular weight is 453 g/mol. The molecule has 168 valence electrons. The van der Waals surface area contributed by atoms with E-state index in [0.717, 1.165) is 11.1 Å². The summed E-state index contributed by atoms with van der Waals surface area (Å²) in [7, 11) is 3.16. The molecule has 1 heterocycles. The van der Waals surface area contributed by atoms with Crippen LogP contribution in [0.4, 0.5) is 11.6 Å². The lowest BCUT2D eigenvalue weighted by Gasteiger charge is -2.06. The van der Waals surface area contributed by atoms with Crippen LogP contribution in [0.2, 0.25) is 0 Å². The van der Waals surface area contributed by atoms with Crippen molar-refractivity contribution in [2.24, 2.45) is 4.99 Å². The van der Waals surface area contributed by atoms with Crippen LogP contribution in [0, 0.1) is 21.4 Å². The maximum absolute atomic E-state index is 11.1. The molecule has 0 saturated carbocycles. The van der Waals surface area contributed by atoms with E-state index in [4.69, 9.17) is 13.9 Å². The van der Waals surface area contributed by atoms with Crippen LogP contribution in [-0.2, 0) is 0 Å². The third kappa shape index (κ3) is 4.49. The molecular weight excluding hydrogens is 434 g/mol. The highest BCUT2D eigenvalue weighted by Crippen LogP contribution is 2.43. The molecule has 1 aromatic heterocycles. The molecule has 0 aliphatic carbocycles. The molecule has 0 atom stereocenters. The Morgan fingerprint density at radius 3 is 2.15 bits per heavy atom. The van der Waals surface area contributed by atoms with Crippen LogP contribution in [0.25, 0.3) is 22.5 Å². The molecule has 8 nitrogen and oxygen atoms in total. The van der Waals surface area contributed by atoms with E-state index >= 15 is 0 Å². The fourth-order valence-corrected chi connectivity index (χ4v) is 3.44. The van der Waals surface area contributed by atoms with Gasteiger partial charge in [0.25, 0.3) is 5.69 Å². The largest absolute Gasteiger partial charge is 0.497 e. The first-order valence-electron chi connectivity index (χ1n) is 10.2. The summed E-state index contributed by atoms with van der Waals surface area (Å²) in [6.45, 7) is 0. The SMILES string of the molecule is COc1ccc(-c2oc(N=Cc3cccc([N+](=O)[O-])c3)c(C#N)c2-c2ccc(OC)cc2)cc1. The summed E-state index contributed by atoms with van der Waals surface area (Å²) in [6.07, 6.45) is 1.43. The normalized spacial score (nSPS) is 10.7. The molecule has 3 aromatic carbocycles. The number of nitriles is 1. The molecule has 8 heteroatoms. The van der Waals surface area contributed by atoms with Crippen molar-refractivity contribution in [1.29, 1.82) is 5.26 Å². The highest BCUT2D eigenvalue weighted by atomic mass is 16.6. The molecule has 34 heavy (non-hydrogen) atoms. The van der Waals surface area contributed by atoms with Crippen LogP contribution in [-0.4, -0.2) is 25.4 Å². The number of methoxy groups -OCH3 is 2. The molecule has 0 aliphatic rings. The minimum absolute atomic E-state index is 0.0539. The van der Waals surface area contributed by atoms with Gasteiger partial charge < -0.3 is 13.9 Å². The quantitative estimate of drug-likeness (QED) is 0.188. The second kappa shape index (κ2) is 9.71. The number of nitro groups is 1. The van der Waals surface area contributed by atoms with Crippen molar-refractivity contribution < 1.29 is 18.8 Å². The van der Waals surface area contributed by atoms with Crippen molar-refractivity contribution in [3.05, 3.63) is 94.0 Å². The standard InChI is InChI=1S/C26H19N3O5/c1-32-21-10-6-18(7-11-21)24-23(15-27)26(28-16-17-4-3-5-20(14-17)29(30)31)34-25(24)19-8-12-22(33-2)13-9-19/h3-14,16H,1-2H3. The lowest BCUT2D eigenvalue weighted by atomic mass is 9.98. The second-order valence-corrected chi connectivity index (χ2v) is 7.17. The Morgan fingerprint density at radius 2 is 1.59 bits per heavy atom. The number of benzene rings is 3. The fourth-order valence-electron chi connectivity index (χ4n) is 3.44. The topological polar surface area (TPSA) is 111 Å². The van der Waals surface area contributed by atoms with Gasteiger partial charge in [-0.2, -0.15) is 5.26 Å². The van der Waals surface area contributed by atoms with E-state index in [1.165, 1.54) is 18.3 Å². The Labute approximate surface area is 195 Å². The molecule has 0 aliphatic heterocycles. The number of ether oxygens (including phenoxy) is 2. The van der Waals surface area contributed by atoms with Gasteiger partial charge in [-0.3, -0.25) is 10.1 Å². The minimum Gasteiger partial charge on any atom is -0.497 e. The van der Waals surface area contributed by atoms with Crippen molar-refractivity contribution in [2.75, 3.05) is 14.2 Å². The van der Waals surface area contributed by atoms with E-state index in [2.05, 4.69) is 11.1 Å². The van der Waals surface area contributed by atoms with Crippen molar-refractivity contribution in [3.8, 4) is 40.0 Å². The number of rotatable bonds is 7. The third-order valence-electron chi connectivity index (χ3n) is 5.14. The number of hydrogen-bond donors (Lipinski definition) is 0. The summed E-state index contributed by atoms with van der Waals surface area (Å²) in [5.74, 6) is 1.94. The van der Waals surface area contributed by atoms with Gasteiger partial charge in [0.1, 0.15) is 28.9 Å². The number of nitrogens with zero attached hydrogens (tertiary/aromatic N) is 3. The van der Waals surface area contributed by atoms with Gasteiger partial charge in [-0.1, -0.05) is 24.3 Å². The van der Waals surface area contributed by atoms with Gasteiger partial charge >= 0.3 is 0 Å². The van der Waals surface area contributed by atoms with Gasteiger partial charge in [-0.25, -0.2) is 4.99 Å². The molecule has 0 unspecified atom stereocenters. The van der Waals surface area contributed by atoms with Crippen molar-refractivity contribution >= 4 is 17.8 Å². The third-order valence-corrected chi connectivity index (χ3v) is 5.14. The number of furan rings is 1.